The molecule has 0 saturated carbocycles. The van der Waals surface area contributed by atoms with E-state index in [1.54, 1.807) is 6.07 Å². The molecule has 2 aromatic carbocycles. The summed E-state index contributed by atoms with van der Waals surface area (Å²) in [5, 5.41) is 10.5. The van der Waals surface area contributed by atoms with Crippen molar-refractivity contribution in [2.24, 2.45) is 0 Å². The second-order valence-corrected chi connectivity index (χ2v) is 7.68. The van der Waals surface area contributed by atoms with Crippen LogP contribution < -0.4 is 10.2 Å². The van der Waals surface area contributed by atoms with Crippen LogP contribution in [0.2, 0.25) is 0 Å². The third-order valence-electron chi connectivity index (χ3n) is 5.31. The number of likely N-dealkylation sites (N-methyl/N-ethyl adjacent to an activating group) is 1. The summed E-state index contributed by atoms with van der Waals surface area (Å²) in [6.07, 6.45) is 0.766. The van der Waals surface area contributed by atoms with Crippen LogP contribution in [0, 0.1) is 12.7 Å². The molecule has 1 saturated heterocycles. The fourth-order valence-corrected chi connectivity index (χ4v) is 3.65. The normalized spacial score (nSPS) is 15.0. The Morgan fingerprint density at radius 1 is 1.07 bits per heavy atom. The van der Waals surface area contributed by atoms with Crippen molar-refractivity contribution in [1.82, 2.24) is 20.1 Å². The molecule has 2 N–H and O–H groups in total. The average Bonchev–Trinajstić information content (AvgIpc) is 3.16. The smallest absolute Gasteiger partial charge is 0.246 e. The highest BCUT2D eigenvalue weighted by atomic mass is 19.1. The lowest BCUT2D eigenvalue weighted by atomic mass is 10.1. The molecule has 1 aliphatic heterocycles. The second-order valence-electron chi connectivity index (χ2n) is 7.68. The molecule has 0 amide bonds. The highest BCUT2D eigenvalue weighted by Gasteiger charge is 2.15. The van der Waals surface area contributed by atoms with Crippen LogP contribution in [0.1, 0.15) is 18.1 Å². The minimum atomic E-state index is -0.263. The van der Waals surface area contributed by atoms with Crippen molar-refractivity contribution in [3.8, 4) is 11.4 Å². The number of benzene rings is 2. The average molecular weight is 394 g/mol. The molecular formula is C22H27FN6. The number of anilines is 3. The number of H-pyrrole nitrogens is 1. The van der Waals surface area contributed by atoms with E-state index in [1.807, 2.05) is 13.0 Å². The molecule has 29 heavy (non-hydrogen) atoms. The summed E-state index contributed by atoms with van der Waals surface area (Å²) in [6, 6.07) is 11.4. The van der Waals surface area contributed by atoms with E-state index in [1.165, 1.54) is 17.3 Å². The van der Waals surface area contributed by atoms with Gasteiger partial charge in [0.05, 0.1) is 0 Å². The zero-order valence-electron chi connectivity index (χ0n) is 17.2. The van der Waals surface area contributed by atoms with Gasteiger partial charge in [0.1, 0.15) is 5.82 Å². The van der Waals surface area contributed by atoms with Gasteiger partial charge in [-0.3, -0.25) is 5.10 Å². The van der Waals surface area contributed by atoms with Gasteiger partial charge in [-0.15, -0.1) is 5.10 Å². The van der Waals surface area contributed by atoms with E-state index >= 15 is 0 Å². The van der Waals surface area contributed by atoms with E-state index in [0.717, 1.165) is 43.9 Å². The van der Waals surface area contributed by atoms with Gasteiger partial charge in [-0.25, -0.2) is 4.39 Å². The number of nitrogens with one attached hydrogen (secondary N) is 2. The van der Waals surface area contributed by atoms with E-state index in [4.69, 9.17) is 0 Å². The molecule has 1 aliphatic rings. The lowest BCUT2D eigenvalue weighted by Crippen LogP contribution is -2.44. The van der Waals surface area contributed by atoms with Crippen LogP contribution in [-0.4, -0.2) is 53.3 Å². The Labute approximate surface area is 170 Å². The first-order valence-electron chi connectivity index (χ1n) is 10.0. The zero-order chi connectivity index (χ0) is 20.4. The van der Waals surface area contributed by atoms with Gasteiger partial charge in [-0.1, -0.05) is 6.92 Å². The third kappa shape index (κ3) is 4.56. The first-order chi connectivity index (χ1) is 14.0. The van der Waals surface area contributed by atoms with Crippen LogP contribution >= 0.6 is 0 Å². The first kappa shape index (κ1) is 19.4. The van der Waals surface area contributed by atoms with Crippen molar-refractivity contribution >= 4 is 17.3 Å². The summed E-state index contributed by atoms with van der Waals surface area (Å²) in [5.41, 5.74) is 4.95. The molecule has 7 heteroatoms. The summed E-state index contributed by atoms with van der Waals surface area (Å²) in [5.74, 6) is 0.756. The lowest BCUT2D eigenvalue weighted by molar-refractivity contribution is 0.313. The van der Waals surface area contributed by atoms with Crippen molar-refractivity contribution < 1.29 is 4.39 Å². The first-order valence-corrected chi connectivity index (χ1v) is 10.0. The Bertz CT molecular complexity index is 991. The predicted molar refractivity (Wildman–Crippen MR) is 115 cm³/mol. The minimum Gasteiger partial charge on any atom is -0.369 e. The maximum atomic E-state index is 13.9. The van der Waals surface area contributed by atoms with Gasteiger partial charge in [0.15, 0.2) is 5.82 Å². The molecule has 0 atom stereocenters. The van der Waals surface area contributed by atoms with Crippen LogP contribution in [0.4, 0.5) is 21.7 Å². The van der Waals surface area contributed by atoms with Crippen molar-refractivity contribution in [3.63, 3.8) is 0 Å². The highest BCUT2D eigenvalue weighted by molar-refractivity contribution is 5.65. The molecule has 4 rings (SSSR count). The molecule has 0 spiro atoms. The van der Waals surface area contributed by atoms with Crippen LogP contribution in [0.15, 0.2) is 36.4 Å². The van der Waals surface area contributed by atoms with Gasteiger partial charge in [0, 0.05) is 43.1 Å². The number of piperazine rings is 1. The molecule has 0 unspecified atom stereocenters. The van der Waals surface area contributed by atoms with Crippen molar-refractivity contribution in [3.05, 3.63) is 53.3 Å². The van der Waals surface area contributed by atoms with Gasteiger partial charge in [-0.2, -0.15) is 4.98 Å². The van der Waals surface area contributed by atoms with Crippen molar-refractivity contribution in [1.29, 1.82) is 0 Å². The van der Waals surface area contributed by atoms with Gasteiger partial charge in [0.25, 0.3) is 0 Å². The number of halogens is 1. The number of aromatic amines is 1. The molecule has 0 bridgehead atoms. The second kappa shape index (κ2) is 8.21. The van der Waals surface area contributed by atoms with Crippen LogP contribution in [0.3, 0.4) is 0 Å². The van der Waals surface area contributed by atoms with E-state index in [9.17, 15) is 4.39 Å². The fourth-order valence-electron chi connectivity index (χ4n) is 3.65. The standard InChI is InChI=1S/C22H27FN6/c1-4-16-11-17(13-18(23)12-16)21-25-22(27-26-21)24-19-9-15(2)10-20(14-19)29-7-5-28(3)6-8-29/h9-14H,4-8H2,1-3H3,(H2,24,25,26,27). The molecule has 2 heterocycles. The Balaban J connectivity index is 1.54. The summed E-state index contributed by atoms with van der Waals surface area (Å²) in [7, 11) is 2.16. The summed E-state index contributed by atoms with van der Waals surface area (Å²) >= 11 is 0. The predicted octanol–water partition coefficient (Wildman–Crippen LogP) is 3.98. The van der Waals surface area contributed by atoms with E-state index < -0.39 is 0 Å². The maximum Gasteiger partial charge on any atom is 0.246 e. The number of hydrogen-bond donors (Lipinski definition) is 2. The zero-order valence-corrected chi connectivity index (χ0v) is 17.2. The summed E-state index contributed by atoms with van der Waals surface area (Å²) < 4.78 is 13.9. The SMILES string of the molecule is CCc1cc(F)cc(-c2nc(Nc3cc(C)cc(N4CCN(C)CC4)c3)n[nH]2)c1. The number of hydrogen-bond acceptors (Lipinski definition) is 5. The van der Waals surface area contributed by atoms with Gasteiger partial charge < -0.3 is 15.1 Å². The molecule has 152 valence electrons. The third-order valence-corrected chi connectivity index (χ3v) is 5.31. The number of aromatic nitrogens is 3. The Morgan fingerprint density at radius 3 is 2.62 bits per heavy atom. The number of rotatable bonds is 5. The molecular weight excluding hydrogens is 367 g/mol. The monoisotopic (exact) mass is 394 g/mol. The number of aryl methyl sites for hydroxylation is 2. The molecule has 0 aliphatic carbocycles. The number of nitrogens with zero attached hydrogens (tertiary/aromatic N) is 4. The minimum absolute atomic E-state index is 0.263. The Hall–Kier alpha value is -2.93. The molecule has 1 fully saturated rings. The Kier molecular flexibility index (Phi) is 5.49. The highest BCUT2D eigenvalue weighted by Crippen LogP contribution is 2.26. The maximum absolute atomic E-state index is 13.9. The van der Waals surface area contributed by atoms with Crippen LogP contribution in [0.5, 0.6) is 0 Å². The molecule has 1 aromatic heterocycles. The summed E-state index contributed by atoms with van der Waals surface area (Å²) in [4.78, 5) is 9.26. The molecule has 3 aromatic rings. The van der Waals surface area contributed by atoms with Crippen LogP contribution in [-0.2, 0) is 6.42 Å². The van der Waals surface area contributed by atoms with Crippen molar-refractivity contribution in [2.45, 2.75) is 20.3 Å². The lowest BCUT2D eigenvalue weighted by Gasteiger charge is -2.34. The Morgan fingerprint density at radius 2 is 1.86 bits per heavy atom. The van der Waals surface area contributed by atoms with E-state index in [2.05, 4.69) is 62.5 Å². The van der Waals surface area contributed by atoms with Gasteiger partial charge >= 0.3 is 0 Å². The molecule has 0 radical (unpaired) electrons. The largest absolute Gasteiger partial charge is 0.369 e. The topological polar surface area (TPSA) is 60.1 Å². The fraction of sp³-hybridized carbons (Fsp3) is 0.364. The van der Waals surface area contributed by atoms with Gasteiger partial charge in [-0.05, 0) is 67.9 Å². The van der Waals surface area contributed by atoms with Crippen LogP contribution in [0.25, 0.3) is 11.4 Å². The quantitative estimate of drug-likeness (QED) is 0.686. The molecule has 6 nitrogen and oxygen atoms in total. The summed E-state index contributed by atoms with van der Waals surface area (Å²) in [6.45, 7) is 8.25. The van der Waals surface area contributed by atoms with E-state index in [0.29, 0.717) is 17.3 Å². The van der Waals surface area contributed by atoms with Crippen molar-refractivity contribution in [2.75, 3.05) is 43.4 Å². The van der Waals surface area contributed by atoms with Gasteiger partial charge in [0.2, 0.25) is 5.95 Å². The van der Waals surface area contributed by atoms with E-state index in [-0.39, 0.29) is 5.82 Å².